The number of carbonyl (C=O) groups excluding carboxylic acids is 1. The highest BCUT2D eigenvalue weighted by Gasteiger charge is 2.33. The predicted octanol–water partition coefficient (Wildman–Crippen LogP) is 5.54. The van der Waals surface area contributed by atoms with Crippen molar-refractivity contribution < 1.29 is 13.9 Å². The van der Waals surface area contributed by atoms with Crippen molar-refractivity contribution in [2.45, 2.75) is 31.8 Å². The first-order chi connectivity index (χ1) is 16.0. The van der Waals surface area contributed by atoms with Crippen LogP contribution in [0.1, 0.15) is 34.5 Å². The molecule has 0 radical (unpaired) electrons. The second kappa shape index (κ2) is 10.9. The van der Waals surface area contributed by atoms with Crippen LogP contribution in [0.3, 0.4) is 0 Å². The lowest BCUT2D eigenvalue weighted by molar-refractivity contribution is 0.0556. The molecule has 1 aliphatic rings. The molecule has 2 aromatic carbocycles. The quantitative estimate of drug-likeness (QED) is 0.437. The lowest BCUT2D eigenvalue weighted by Crippen LogP contribution is -2.47. The molecule has 6 heteroatoms. The molecule has 2 heterocycles. The molecule has 1 saturated heterocycles. The summed E-state index contributed by atoms with van der Waals surface area (Å²) >= 11 is 6.49. The van der Waals surface area contributed by atoms with Gasteiger partial charge in [-0.05, 0) is 79.7 Å². The van der Waals surface area contributed by atoms with Crippen LogP contribution in [0.4, 0.5) is 0 Å². The van der Waals surface area contributed by atoms with E-state index >= 15 is 0 Å². The Morgan fingerprint density at radius 2 is 1.94 bits per heavy atom. The summed E-state index contributed by atoms with van der Waals surface area (Å²) in [5.41, 5.74) is 2.33. The minimum atomic E-state index is -0.0872. The summed E-state index contributed by atoms with van der Waals surface area (Å²) in [7, 11) is 3.58. The maximum Gasteiger partial charge on any atom is 0.289 e. The largest absolute Gasteiger partial charge is 0.497 e. The fraction of sp³-hybridized carbons (Fsp3) is 0.370. The number of benzene rings is 2. The van der Waals surface area contributed by atoms with Gasteiger partial charge in [0.2, 0.25) is 0 Å². The highest BCUT2D eigenvalue weighted by Crippen LogP contribution is 2.30. The number of amides is 1. The molecule has 1 aromatic heterocycles. The SMILES string of the molecule is COc1cccc(CN2CCC([C@H](Cc3ccccc3Cl)N(C)C(=O)c3ccco3)CC2)c1. The number of carbonyl (C=O) groups is 1. The highest BCUT2D eigenvalue weighted by atomic mass is 35.5. The Labute approximate surface area is 200 Å². The van der Waals surface area contributed by atoms with Crippen molar-refractivity contribution in [2.75, 3.05) is 27.2 Å². The van der Waals surface area contributed by atoms with Crippen LogP contribution in [0.15, 0.2) is 71.3 Å². The van der Waals surface area contributed by atoms with Gasteiger partial charge in [0.1, 0.15) is 5.75 Å². The normalized spacial score (nSPS) is 15.8. The zero-order valence-corrected chi connectivity index (χ0v) is 20.0. The number of furan rings is 1. The molecule has 0 bridgehead atoms. The Bertz CT molecular complexity index is 1050. The maximum absolute atomic E-state index is 13.1. The van der Waals surface area contributed by atoms with Crippen molar-refractivity contribution in [3.63, 3.8) is 0 Å². The number of likely N-dealkylation sites (N-methyl/N-ethyl adjacent to an activating group) is 1. The maximum atomic E-state index is 13.1. The van der Waals surface area contributed by atoms with E-state index in [1.807, 2.05) is 42.3 Å². The van der Waals surface area contributed by atoms with Gasteiger partial charge in [0.05, 0.1) is 13.4 Å². The van der Waals surface area contributed by atoms with Crippen LogP contribution in [0.25, 0.3) is 0 Å². The molecule has 0 aliphatic carbocycles. The molecule has 3 aromatic rings. The summed E-state index contributed by atoms with van der Waals surface area (Å²) < 4.78 is 10.8. The number of methoxy groups -OCH3 is 1. The molecule has 0 unspecified atom stereocenters. The first-order valence-corrected chi connectivity index (χ1v) is 11.8. The Morgan fingerprint density at radius 3 is 2.64 bits per heavy atom. The molecule has 174 valence electrons. The van der Waals surface area contributed by atoms with E-state index in [-0.39, 0.29) is 11.9 Å². The minimum absolute atomic E-state index is 0.0430. The molecular weight excluding hydrogens is 436 g/mol. The first-order valence-electron chi connectivity index (χ1n) is 11.4. The van der Waals surface area contributed by atoms with Crippen molar-refractivity contribution >= 4 is 17.5 Å². The molecule has 0 N–H and O–H groups in total. The van der Waals surface area contributed by atoms with Crippen LogP contribution in [0.2, 0.25) is 5.02 Å². The topological polar surface area (TPSA) is 45.9 Å². The van der Waals surface area contributed by atoms with Gasteiger partial charge in [-0.1, -0.05) is 41.9 Å². The van der Waals surface area contributed by atoms with Crippen molar-refractivity contribution in [1.82, 2.24) is 9.80 Å². The molecule has 0 saturated carbocycles. The summed E-state index contributed by atoms with van der Waals surface area (Å²) in [5, 5.41) is 0.747. The van der Waals surface area contributed by atoms with Crippen LogP contribution in [-0.4, -0.2) is 49.0 Å². The molecular formula is C27H31ClN2O3. The average molecular weight is 467 g/mol. The van der Waals surface area contributed by atoms with E-state index in [1.165, 1.54) is 5.56 Å². The van der Waals surface area contributed by atoms with Gasteiger partial charge in [0.25, 0.3) is 5.91 Å². The van der Waals surface area contributed by atoms with E-state index in [0.717, 1.165) is 55.2 Å². The van der Waals surface area contributed by atoms with Gasteiger partial charge in [-0.3, -0.25) is 9.69 Å². The highest BCUT2D eigenvalue weighted by molar-refractivity contribution is 6.31. The lowest BCUT2D eigenvalue weighted by atomic mass is 9.84. The Kier molecular flexibility index (Phi) is 7.73. The van der Waals surface area contributed by atoms with Crippen LogP contribution < -0.4 is 4.74 Å². The van der Waals surface area contributed by atoms with Crippen molar-refractivity contribution in [3.8, 4) is 5.75 Å². The second-order valence-electron chi connectivity index (χ2n) is 8.72. The molecule has 1 aliphatic heterocycles. The molecule has 33 heavy (non-hydrogen) atoms. The number of rotatable bonds is 8. The molecule has 5 nitrogen and oxygen atoms in total. The van der Waals surface area contributed by atoms with E-state index in [4.69, 9.17) is 20.8 Å². The lowest BCUT2D eigenvalue weighted by Gasteiger charge is -2.40. The summed E-state index contributed by atoms with van der Waals surface area (Å²) in [6.07, 6.45) is 4.31. The van der Waals surface area contributed by atoms with E-state index in [2.05, 4.69) is 23.1 Å². The first kappa shape index (κ1) is 23.4. The third kappa shape index (κ3) is 5.79. The number of piperidine rings is 1. The van der Waals surface area contributed by atoms with Gasteiger partial charge >= 0.3 is 0 Å². The number of hydrogen-bond acceptors (Lipinski definition) is 4. The fourth-order valence-corrected chi connectivity index (χ4v) is 4.97. The van der Waals surface area contributed by atoms with Gasteiger partial charge in [-0.15, -0.1) is 0 Å². The summed E-state index contributed by atoms with van der Waals surface area (Å²) in [6, 6.07) is 19.7. The number of ether oxygens (including phenoxy) is 1. The van der Waals surface area contributed by atoms with Crippen LogP contribution >= 0.6 is 11.6 Å². The molecule has 1 fully saturated rings. The van der Waals surface area contributed by atoms with Crippen molar-refractivity contribution in [2.24, 2.45) is 5.92 Å². The van der Waals surface area contributed by atoms with Gasteiger partial charge in [0, 0.05) is 24.7 Å². The summed E-state index contributed by atoms with van der Waals surface area (Å²) in [4.78, 5) is 17.4. The summed E-state index contributed by atoms with van der Waals surface area (Å²) in [6.45, 7) is 2.88. The van der Waals surface area contributed by atoms with Gasteiger partial charge < -0.3 is 14.1 Å². The standard InChI is InChI=1S/C27H31ClN2O3/c1-29(27(31)26-11-6-16-33-26)25(18-22-8-3-4-10-24(22)28)21-12-14-30(15-13-21)19-20-7-5-9-23(17-20)32-2/h3-11,16-17,21,25H,12-15,18-19H2,1-2H3/t25-/m0/s1. The van der Waals surface area contributed by atoms with Crippen molar-refractivity contribution in [3.05, 3.63) is 88.8 Å². The van der Waals surface area contributed by atoms with Crippen LogP contribution in [0, 0.1) is 5.92 Å². The number of halogens is 1. The second-order valence-corrected chi connectivity index (χ2v) is 9.13. The molecule has 1 atom stereocenters. The number of nitrogens with zero attached hydrogens (tertiary/aromatic N) is 2. The Hall–Kier alpha value is -2.76. The van der Waals surface area contributed by atoms with Crippen molar-refractivity contribution in [1.29, 1.82) is 0 Å². The zero-order valence-electron chi connectivity index (χ0n) is 19.2. The van der Waals surface area contributed by atoms with E-state index in [0.29, 0.717) is 11.7 Å². The van der Waals surface area contributed by atoms with E-state index in [1.54, 1.807) is 25.5 Å². The number of likely N-dealkylation sites (tertiary alicyclic amines) is 1. The minimum Gasteiger partial charge on any atom is -0.497 e. The Balaban J connectivity index is 1.46. The van der Waals surface area contributed by atoms with E-state index in [9.17, 15) is 4.79 Å². The zero-order chi connectivity index (χ0) is 23.2. The fourth-order valence-electron chi connectivity index (χ4n) is 4.76. The molecule has 1 amide bonds. The predicted molar refractivity (Wildman–Crippen MR) is 131 cm³/mol. The van der Waals surface area contributed by atoms with Gasteiger partial charge in [-0.2, -0.15) is 0 Å². The summed E-state index contributed by atoms with van der Waals surface area (Å²) in [5.74, 6) is 1.56. The van der Waals surface area contributed by atoms with Gasteiger partial charge in [-0.25, -0.2) is 0 Å². The van der Waals surface area contributed by atoms with E-state index < -0.39 is 0 Å². The Morgan fingerprint density at radius 1 is 1.15 bits per heavy atom. The molecule has 0 spiro atoms. The number of hydrogen-bond donors (Lipinski definition) is 0. The average Bonchev–Trinajstić information content (AvgIpc) is 3.38. The van der Waals surface area contributed by atoms with Crippen LogP contribution in [-0.2, 0) is 13.0 Å². The smallest absolute Gasteiger partial charge is 0.289 e. The monoisotopic (exact) mass is 466 g/mol. The molecule has 4 rings (SSSR count). The third-order valence-electron chi connectivity index (χ3n) is 6.65. The third-order valence-corrected chi connectivity index (χ3v) is 7.02. The van der Waals surface area contributed by atoms with Crippen LogP contribution in [0.5, 0.6) is 5.75 Å². The van der Waals surface area contributed by atoms with Gasteiger partial charge in [0.15, 0.2) is 5.76 Å².